The zero-order valence-corrected chi connectivity index (χ0v) is 21.0. The number of aromatic nitrogens is 2. The standard InChI is InChI=1S/C32H29N3O2/c1-6-9-10-24(7-2)25-12-15-29-28(20-25)32-26(21-33-29)13-16-31(37)35(32)27-14-11-22(4)17-18-34(23(5)19-27)30(36)8-3/h6-16,19-21H,1,3-5,17-18H2,2H3/b10-9-,14-11-,24-7+,27-19+. The molecule has 5 nitrogen and oxygen atoms in total. The van der Waals surface area contributed by atoms with Crippen molar-refractivity contribution in [3.05, 3.63) is 139 Å². The van der Waals surface area contributed by atoms with Crippen molar-refractivity contribution in [2.24, 2.45) is 0 Å². The van der Waals surface area contributed by atoms with Gasteiger partial charge < -0.3 is 4.90 Å². The summed E-state index contributed by atoms with van der Waals surface area (Å²) in [7, 11) is 0. The van der Waals surface area contributed by atoms with Crippen molar-refractivity contribution >= 4 is 39.0 Å². The predicted molar refractivity (Wildman–Crippen MR) is 155 cm³/mol. The number of benzene rings is 1. The second-order valence-corrected chi connectivity index (χ2v) is 8.64. The van der Waals surface area contributed by atoms with Gasteiger partial charge in [0.1, 0.15) is 0 Å². The molecule has 0 saturated carbocycles. The van der Waals surface area contributed by atoms with E-state index < -0.39 is 0 Å². The molecule has 1 aromatic carbocycles. The van der Waals surface area contributed by atoms with Crippen molar-refractivity contribution in [3.8, 4) is 0 Å². The topological polar surface area (TPSA) is 55.2 Å². The van der Waals surface area contributed by atoms with Gasteiger partial charge in [0.25, 0.3) is 5.56 Å². The second kappa shape index (κ2) is 10.9. The van der Waals surface area contributed by atoms with Gasteiger partial charge in [-0.3, -0.25) is 19.1 Å². The number of allylic oxidation sites excluding steroid dienone is 9. The molecular weight excluding hydrogens is 458 g/mol. The number of amides is 1. The van der Waals surface area contributed by atoms with E-state index in [4.69, 9.17) is 0 Å². The van der Waals surface area contributed by atoms with Crippen LogP contribution in [-0.2, 0) is 4.79 Å². The van der Waals surface area contributed by atoms with E-state index in [9.17, 15) is 9.59 Å². The molecule has 0 bridgehead atoms. The predicted octanol–water partition coefficient (Wildman–Crippen LogP) is 6.58. The molecule has 0 saturated heterocycles. The zero-order valence-electron chi connectivity index (χ0n) is 21.0. The van der Waals surface area contributed by atoms with E-state index in [1.54, 1.807) is 33.9 Å². The molecule has 0 atom stereocenters. The van der Waals surface area contributed by atoms with Gasteiger partial charge in [0, 0.05) is 35.3 Å². The fraction of sp³-hybridized carbons (Fsp3) is 0.0938. The molecule has 5 heteroatoms. The Morgan fingerprint density at radius 1 is 1.11 bits per heavy atom. The Morgan fingerprint density at radius 3 is 2.65 bits per heavy atom. The Morgan fingerprint density at radius 2 is 1.92 bits per heavy atom. The molecule has 0 spiro atoms. The summed E-state index contributed by atoms with van der Waals surface area (Å²) in [5.41, 5.74) is 5.15. The van der Waals surface area contributed by atoms with Gasteiger partial charge in [-0.2, -0.15) is 0 Å². The van der Waals surface area contributed by atoms with Crippen LogP contribution >= 0.6 is 0 Å². The van der Waals surface area contributed by atoms with Crippen molar-refractivity contribution in [3.63, 3.8) is 0 Å². The third-order valence-corrected chi connectivity index (χ3v) is 6.28. The maximum atomic E-state index is 13.4. The molecule has 0 unspecified atom stereocenters. The van der Waals surface area contributed by atoms with Crippen LogP contribution in [0.5, 0.6) is 0 Å². The molecule has 2 aromatic heterocycles. The molecule has 4 rings (SSSR count). The van der Waals surface area contributed by atoms with Crippen molar-refractivity contribution < 1.29 is 4.79 Å². The number of rotatable bonds is 5. The molecule has 0 radical (unpaired) electrons. The van der Waals surface area contributed by atoms with Crippen LogP contribution in [0.15, 0.2) is 128 Å². The molecule has 0 N–H and O–H groups in total. The van der Waals surface area contributed by atoms with Gasteiger partial charge in [0.05, 0.1) is 16.7 Å². The summed E-state index contributed by atoms with van der Waals surface area (Å²) in [5.74, 6) is -0.258. The highest BCUT2D eigenvalue weighted by Gasteiger charge is 2.17. The molecule has 1 aliphatic rings. The number of pyridine rings is 2. The lowest BCUT2D eigenvalue weighted by atomic mass is 10.0. The summed E-state index contributed by atoms with van der Waals surface area (Å²) in [6.07, 6.45) is 16.7. The lowest BCUT2D eigenvalue weighted by Crippen LogP contribution is -2.29. The van der Waals surface area contributed by atoms with Gasteiger partial charge in [-0.15, -0.1) is 0 Å². The summed E-state index contributed by atoms with van der Waals surface area (Å²) in [6, 6.07) is 9.32. The molecule has 0 aliphatic carbocycles. The third kappa shape index (κ3) is 5.11. The minimum Gasteiger partial charge on any atom is -0.309 e. The third-order valence-electron chi connectivity index (χ3n) is 6.28. The second-order valence-electron chi connectivity index (χ2n) is 8.64. The smallest absolute Gasteiger partial charge is 0.255 e. The Kier molecular flexibility index (Phi) is 7.44. The highest BCUT2D eigenvalue weighted by Crippen LogP contribution is 2.29. The van der Waals surface area contributed by atoms with E-state index >= 15 is 0 Å². The van der Waals surface area contributed by atoms with E-state index in [1.807, 2.05) is 55.5 Å². The van der Waals surface area contributed by atoms with Crippen LogP contribution in [0, 0.1) is 0 Å². The average molecular weight is 488 g/mol. The largest absolute Gasteiger partial charge is 0.309 e. The van der Waals surface area contributed by atoms with Crippen molar-refractivity contribution in [1.82, 2.24) is 14.5 Å². The monoisotopic (exact) mass is 487 g/mol. The van der Waals surface area contributed by atoms with Crippen LogP contribution in [-0.4, -0.2) is 26.9 Å². The number of nitrogens with zero attached hydrogens (tertiary/aromatic N) is 3. The highest BCUT2D eigenvalue weighted by molar-refractivity contribution is 6.06. The Labute approximate surface area is 216 Å². The molecule has 184 valence electrons. The normalized spacial score (nSPS) is 17.3. The van der Waals surface area contributed by atoms with Crippen LogP contribution < -0.4 is 5.56 Å². The van der Waals surface area contributed by atoms with Crippen LogP contribution in [0.4, 0.5) is 0 Å². The lowest BCUT2D eigenvalue weighted by molar-refractivity contribution is -0.123. The quantitative estimate of drug-likeness (QED) is 0.232. The zero-order chi connectivity index (χ0) is 26.5. The van der Waals surface area contributed by atoms with Gasteiger partial charge in [0.2, 0.25) is 5.91 Å². The molecule has 37 heavy (non-hydrogen) atoms. The summed E-state index contributed by atoms with van der Waals surface area (Å²) in [6.45, 7) is 18.0. The molecule has 1 amide bonds. The van der Waals surface area contributed by atoms with E-state index in [0.717, 1.165) is 38.5 Å². The first-order valence-corrected chi connectivity index (χ1v) is 12.0. The maximum absolute atomic E-state index is 13.4. The van der Waals surface area contributed by atoms with E-state index in [2.05, 4.69) is 31.3 Å². The molecule has 0 fully saturated rings. The van der Waals surface area contributed by atoms with Crippen LogP contribution in [0.2, 0.25) is 0 Å². The Bertz CT molecular complexity index is 1640. The van der Waals surface area contributed by atoms with Crippen LogP contribution in [0.3, 0.4) is 0 Å². The molecular formula is C32H29N3O2. The minimum absolute atomic E-state index is 0.210. The Balaban J connectivity index is 2.04. The van der Waals surface area contributed by atoms with Crippen LogP contribution in [0.1, 0.15) is 18.9 Å². The first kappa shape index (κ1) is 25.3. The SMILES string of the molecule is C=C/C=C\C(=C/C)c1ccc2ncc3ccc(=O)n(C4=C/C(=C)N(C(=O)C=C)CCC(=C)/C=C\4)c3c2c1. The van der Waals surface area contributed by atoms with E-state index in [-0.39, 0.29) is 11.5 Å². The number of carbonyl (C=O) groups is 1. The number of hydrogen-bond donors (Lipinski definition) is 0. The lowest BCUT2D eigenvalue weighted by Gasteiger charge is -2.22. The first-order chi connectivity index (χ1) is 17.9. The van der Waals surface area contributed by atoms with Gasteiger partial charge in [-0.1, -0.05) is 68.3 Å². The van der Waals surface area contributed by atoms with Crippen molar-refractivity contribution in [2.75, 3.05) is 6.54 Å². The molecule has 3 heterocycles. The van der Waals surface area contributed by atoms with Crippen molar-refractivity contribution in [1.29, 1.82) is 0 Å². The van der Waals surface area contributed by atoms with E-state index in [1.165, 1.54) is 12.1 Å². The van der Waals surface area contributed by atoms with Gasteiger partial charge in [-0.05, 0) is 60.9 Å². The first-order valence-electron chi connectivity index (χ1n) is 12.0. The maximum Gasteiger partial charge on any atom is 0.255 e. The number of fused-ring (bicyclic) bond motifs is 3. The van der Waals surface area contributed by atoms with Gasteiger partial charge in [-0.25, -0.2) is 0 Å². The number of hydrogen-bond acceptors (Lipinski definition) is 3. The average Bonchev–Trinajstić information content (AvgIpc) is 2.97. The van der Waals surface area contributed by atoms with E-state index in [0.29, 0.717) is 24.4 Å². The summed E-state index contributed by atoms with van der Waals surface area (Å²) in [5, 5.41) is 1.64. The van der Waals surface area contributed by atoms with Gasteiger partial charge in [0.15, 0.2) is 0 Å². The summed E-state index contributed by atoms with van der Waals surface area (Å²) < 4.78 is 1.65. The fourth-order valence-electron chi connectivity index (χ4n) is 4.36. The summed E-state index contributed by atoms with van der Waals surface area (Å²) in [4.78, 5) is 32.1. The minimum atomic E-state index is -0.258. The summed E-state index contributed by atoms with van der Waals surface area (Å²) >= 11 is 0. The highest BCUT2D eigenvalue weighted by atomic mass is 16.2. The molecule has 1 aliphatic heterocycles. The number of carbonyl (C=O) groups excluding carboxylic acids is 1. The van der Waals surface area contributed by atoms with Crippen molar-refractivity contribution in [2.45, 2.75) is 13.3 Å². The Hall–Kier alpha value is -4.77. The van der Waals surface area contributed by atoms with Gasteiger partial charge >= 0.3 is 0 Å². The molecule has 3 aromatic rings. The fourth-order valence-corrected chi connectivity index (χ4v) is 4.36. The van der Waals surface area contributed by atoms with Crippen LogP contribution in [0.25, 0.3) is 33.1 Å².